The number of nitrogens with zero attached hydrogens (tertiary/aromatic N) is 1. The molecule has 3 heteroatoms. The highest BCUT2D eigenvalue weighted by Gasteiger charge is 2.12. The monoisotopic (exact) mass is 233 g/mol. The van der Waals surface area contributed by atoms with Crippen molar-refractivity contribution in [3.63, 3.8) is 0 Å². The smallest absolute Gasteiger partial charge is 0.333 e. The second-order valence-corrected chi connectivity index (χ2v) is 4.16. The first kappa shape index (κ1) is 13.4. The van der Waals surface area contributed by atoms with Gasteiger partial charge in [0, 0.05) is 23.9 Å². The highest BCUT2D eigenvalue weighted by Crippen LogP contribution is 2.11. The second kappa shape index (κ2) is 6.18. The Bertz CT molecular complexity index is 412. The fourth-order valence-corrected chi connectivity index (χ4v) is 1.61. The van der Waals surface area contributed by atoms with Crippen LogP contribution in [-0.4, -0.2) is 17.1 Å². The molecule has 0 aliphatic rings. The van der Waals surface area contributed by atoms with Crippen LogP contribution in [0.25, 0.3) is 0 Å². The molecule has 3 nitrogen and oxygen atoms in total. The van der Waals surface area contributed by atoms with Crippen molar-refractivity contribution in [3.05, 3.63) is 41.7 Å². The van der Waals surface area contributed by atoms with E-state index in [0.717, 1.165) is 17.7 Å². The van der Waals surface area contributed by atoms with Crippen molar-refractivity contribution in [2.75, 3.05) is 0 Å². The van der Waals surface area contributed by atoms with Gasteiger partial charge in [-0.2, -0.15) is 0 Å². The lowest BCUT2D eigenvalue weighted by atomic mass is 10.1. The van der Waals surface area contributed by atoms with Gasteiger partial charge in [0.25, 0.3) is 0 Å². The lowest BCUT2D eigenvalue weighted by Crippen LogP contribution is -2.18. The van der Waals surface area contributed by atoms with E-state index < -0.39 is 0 Å². The third-order valence-electron chi connectivity index (χ3n) is 2.48. The topological polar surface area (TPSA) is 39.2 Å². The molecule has 1 unspecified atom stereocenters. The van der Waals surface area contributed by atoms with E-state index >= 15 is 0 Å². The van der Waals surface area contributed by atoms with E-state index in [4.69, 9.17) is 4.74 Å². The molecule has 1 aromatic rings. The van der Waals surface area contributed by atoms with Crippen molar-refractivity contribution in [3.8, 4) is 0 Å². The number of hydrogen-bond acceptors (Lipinski definition) is 3. The average Bonchev–Trinajstić information content (AvgIpc) is 2.29. The molecular weight excluding hydrogens is 214 g/mol. The first-order chi connectivity index (χ1) is 8.04. The van der Waals surface area contributed by atoms with Crippen LogP contribution >= 0.6 is 0 Å². The van der Waals surface area contributed by atoms with Gasteiger partial charge in [-0.05, 0) is 31.9 Å². The molecule has 0 aromatic carbocycles. The van der Waals surface area contributed by atoms with Crippen LogP contribution in [0.5, 0.6) is 0 Å². The number of carbonyl (C=O) groups excluding carboxylic acids is 1. The molecule has 1 aromatic heterocycles. The standard InChI is InChI=1S/C14H19NO2/c1-5-13-12(7-6-8-15-13)9-11(4)17-14(16)10(2)3/h6-8,11H,2,5,9H2,1,3-4H3. The summed E-state index contributed by atoms with van der Waals surface area (Å²) in [5.41, 5.74) is 2.63. The van der Waals surface area contributed by atoms with Crippen molar-refractivity contribution >= 4 is 5.97 Å². The zero-order valence-corrected chi connectivity index (χ0v) is 10.7. The van der Waals surface area contributed by atoms with Crippen molar-refractivity contribution in [1.29, 1.82) is 0 Å². The number of aryl methyl sites for hydroxylation is 1. The number of aromatic nitrogens is 1. The predicted octanol–water partition coefficient (Wildman–Crippen LogP) is 2.69. The molecule has 0 bridgehead atoms. The summed E-state index contributed by atoms with van der Waals surface area (Å²) < 4.78 is 5.25. The van der Waals surface area contributed by atoms with E-state index in [1.807, 2.05) is 19.1 Å². The van der Waals surface area contributed by atoms with Crippen molar-refractivity contribution in [1.82, 2.24) is 4.98 Å². The molecule has 0 saturated heterocycles. The van der Waals surface area contributed by atoms with Crippen LogP contribution in [0.3, 0.4) is 0 Å². The van der Waals surface area contributed by atoms with Gasteiger partial charge < -0.3 is 4.74 Å². The maximum atomic E-state index is 11.4. The third-order valence-corrected chi connectivity index (χ3v) is 2.48. The Morgan fingerprint density at radius 3 is 2.88 bits per heavy atom. The molecule has 1 rings (SSSR count). The van der Waals surface area contributed by atoms with Crippen LogP contribution in [0.2, 0.25) is 0 Å². The number of esters is 1. The highest BCUT2D eigenvalue weighted by molar-refractivity contribution is 5.87. The van der Waals surface area contributed by atoms with E-state index in [1.54, 1.807) is 13.1 Å². The molecule has 0 saturated carbocycles. The fraction of sp³-hybridized carbons (Fsp3) is 0.429. The van der Waals surface area contributed by atoms with Crippen molar-refractivity contribution in [2.24, 2.45) is 0 Å². The number of ether oxygens (including phenoxy) is 1. The lowest BCUT2D eigenvalue weighted by Gasteiger charge is -2.14. The van der Waals surface area contributed by atoms with Gasteiger partial charge in [-0.25, -0.2) is 4.79 Å². The Morgan fingerprint density at radius 2 is 2.29 bits per heavy atom. The Balaban J connectivity index is 2.64. The molecule has 0 spiro atoms. The van der Waals surface area contributed by atoms with Gasteiger partial charge in [0.15, 0.2) is 0 Å². The van der Waals surface area contributed by atoms with Gasteiger partial charge in [0.1, 0.15) is 6.10 Å². The first-order valence-electron chi connectivity index (χ1n) is 5.83. The Hall–Kier alpha value is -1.64. The molecule has 0 aliphatic heterocycles. The number of pyridine rings is 1. The van der Waals surface area contributed by atoms with Crippen LogP contribution in [0.4, 0.5) is 0 Å². The minimum absolute atomic E-state index is 0.159. The summed E-state index contributed by atoms with van der Waals surface area (Å²) in [7, 11) is 0. The molecule has 1 atom stereocenters. The largest absolute Gasteiger partial charge is 0.459 e. The van der Waals surface area contributed by atoms with Crippen LogP contribution < -0.4 is 0 Å². The number of rotatable bonds is 5. The van der Waals surface area contributed by atoms with Crippen LogP contribution in [0.1, 0.15) is 32.0 Å². The van der Waals surface area contributed by atoms with E-state index in [9.17, 15) is 4.79 Å². The van der Waals surface area contributed by atoms with Crippen LogP contribution in [0, 0.1) is 0 Å². The van der Waals surface area contributed by atoms with E-state index in [2.05, 4.69) is 18.5 Å². The molecular formula is C14H19NO2. The summed E-state index contributed by atoms with van der Waals surface area (Å²) >= 11 is 0. The molecule has 0 radical (unpaired) electrons. The Labute approximate surface area is 103 Å². The molecule has 0 amide bonds. The summed E-state index contributed by atoms with van der Waals surface area (Å²) in [6.07, 6.45) is 3.20. The predicted molar refractivity (Wildman–Crippen MR) is 67.7 cm³/mol. The quantitative estimate of drug-likeness (QED) is 0.580. The van der Waals surface area contributed by atoms with Crippen LogP contribution in [0.15, 0.2) is 30.5 Å². The summed E-state index contributed by atoms with van der Waals surface area (Å²) in [4.78, 5) is 15.7. The summed E-state index contributed by atoms with van der Waals surface area (Å²) in [6, 6.07) is 3.93. The molecule has 92 valence electrons. The molecule has 0 N–H and O–H groups in total. The number of carbonyl (C=O) groups is 1. The van der Waals surface area contributed by atoms with Crippen LogP contribution in [-0.2, 0) is 22.4 Å². The van der Waals surface area contributed by atoms with Gasteiger partial charge >= 0.3 is 5.97 Å². The minimum atomic E-state index is -0.334. The second-order valence-electron chi connectivity index (χ2n) is 4.16. The maximum absolute atomic E-state index is 11.4. The van der Waals surface area contributed by atoms with Gasteiger partial charge in [-0.1, -0.05) is 19.6 Å². The van der Waals surface area contributed by atoms with Gasteiger partial charge in [0.2, 0.25) is 0 Å². The summed E-state index contributed by atoms with van der Waals surface area (Å²) in [5.74, 6) is -0.334. The van der Waals surface area contributed by atoms with E-state index in [1.165, 1.54) is 0 Å². The van der Waals surface area contributed by atoms with E-state index in [-0.39, 0.29) is 12.1 Å². The van der Waals surface area contributed by atoms with Gasteiger partial charge in [0.05, 0.1) is 0 Å². The Kier molecular flexibility index (Phi) is 4.88. The zero-order valence-electron chi connectivity index (χ0n) is 10.7. The minimum Gasteiger partial charge on any atom is -0.459 e. The average molecular weight is 233 g/mol. The SMILES string of the molecule is C=C(C)C(=O)OC(C)Cc1cccnc1CC. The van der Waals surface area contributed by atoms with Gasteiger partial charge in [-0.15, -0.1) is 0 Å². The summed E-state index contributed by atoms with van der Waals surface area (Å²) in [6.45, 7) is 9.16. The third kappa shape index (κ3) is 4.02. The Morgan fingerprint density at radius 1 is 1.59 bits per heavy atom. The molecule has 0 fully saturated rings. The van der Waals surface area contributed by atoms with Crippen molar-refractivity contribution in [2.45, 2.75) is 39.7 Å². The number of hydrogen-bond donors (Lipinski definition) is 0. The normalized spacial score (nSPS) is 11.9. The summed E-state index contributed by atoms with van der Waals surface area (Å²) in [5, 5.41) is 0. The maximum Gasteiger partial charge on any atom is 0.333 e. The lowest BCUT2D eigenvalue weighted by molar-refractivity contribution is -0.143. The van der Waals surface area contributed by atoms with Crippen molar-refractivity contribution < 1.29 is 9.53 Å². The molecule has 0 aliphatic carbocycles. The zero-order chi connectivity index (χ0) is 12.8. The highest BCUT2D eigenvalue weighted by atomic mass is 16.5. The first-order valence-corrected chi connectivity index (χ1v) is 5.83. The molecule has 17 heavy (non-hydrogen) atoms. The van der Waals surface area contributed by atoms with E-state index in [0.29, 0.717) is 12.0 Å². The molecule has 1 heterocycles. The fourth-order valence-electron chi connectivity index (χ4n) is 1.61. The van der Waals surface area contributed by atoms with Gasteiger partial charge in [-0.3, -0.25) is 4.98 Å².